The van der Waals surface area contributed by atoms with Gasteiger partial charge in [-0.25, -0.2) is 9.97 Å². The highest BCUT2D eigenvalue weighted by Gasteiger charge is 2.22. The lowest BCUT2D eigenvalue weighted by Gasteiger charge is -2.22. The molecule has 4 aromatic rings. The van der Waals surface area contributed by atoms with Crippen molar-refractivity contribution in [2.45, 2.75) is 13.0 Å². The zero-order valence-electron chi connectivity index (χ0n) is 17.5. The van der Waals surface area contributed by atoms with Crippen LogP contribution in [0.4, 0.5) is 11.6 Å². The molecule has 0 saturated heterocycles. The highest BCUT2D eigenvalue weighted by atomic mass is 35.5. The van der Waals surface area contributed by atoms with Crippen molar-refractivity contribution in [3.8, 4) is 5.69 Å². The number of nitrogens with zero attached hydrogens (tertiary/aromatic N) is 3. The van der Waals surface area contributed by atoms with E-state index in [0.29, 0.717) is 27.2 Å². The molecule has 0 saturated carbocycles. The molecule has 0 spiro atoms. The van der Waals surface area contributed by atoms with Crippen molar-refractivity contribution in [1.82, 2.24) is 14.5 Å². The minimum absolute atomic E-state index is 0.00529. The van der Waals surface area contributed by atoms with Crippen molar-refractivity contribution in [2.24, 2.45) is 5.73 Å². The summed E-state index contributed by atoms with van der Waals surface area (Å²) in [5.41, 5.74) is 11.6. The van der Waals surface area contributed by atoms with Crippen molar-refractivity contribution in [3.63, 3.8) is 0 Å². The van der Waals surface area contributed by atoms with E-state index < -0.39 is 17.7 Å². The van der Waals surface area contributed by atoms with Gasteiger partial charge in [-0.3, -0.25) is 19.6 Å². The third-order valence-electron chi connectivity index (χ3n) is 5.21. The summed E-state index contributed by atoms with van der Waals surface area (Å²) in [4.78, 5) is 33.2. The Labute approximate surface area is 193 Å². The Morgan fingerprint density at radius 3 is 2.58 bits per heavy atom. The molecule has 166 valence electrons. The first-order chi connectivity index (χ1) is 15.8. The number of aromatic nitrogens is 3. The number of pyridine rings is 1. The van der Waals surface area contributed by atoms with Crippen LogP contribution in [0.15, 0.2) is 65.7 Å². The SMILES string of the molecule is CC(Nc1ncnc(N)c1C(=N)C(N)=O)c1cc2cccc(Cl)c2c(=O)n1-c1ccccc1. The molecule has 0 aliphatic heterocycles. The van der Waals surface area contributed by atoms with Crippen molar-refractivity contribution in [2.75, 3.05) is 11.1 Å². The first-order valence-corrected chi connectivity index (χ1v) is 10.3. The number of nitrogens with one attached hydrogen (secondary N) is 2. The molecule has 2 aromatic heterocycles. The average molecular weight is 462 g/mol. The molecule has 0 aliphatic carbocycles. The molecule has 0 aliphatic rings. The first kappa shape index (κ1) is 22.0. The zero-order chi connectivity index (χ0) is 23.7. The number of primary amides is 1. The van der Waals surface area contributed by atoms with Gasteiger partial charge < -0.3 is 16.8 Å². The number of hydrogen-bond donors (Lipinski definition) is 4. The third-order valence-corrected chi connectivity index (χ3v) is 5.52. The number of amides is 1. The molecular formula is C23H20ClN7O2. The van der Waals surface area contributed by atoms with Crippen LogP contribution < -0.4 is 22.3 Å². The predicted molar refractivity (Wildman–Crippen MR) is 129 cm³/mol. The molecule has 0 radical (unpaired) electrons. The normalized spacial score (nSPS) is 11.8. The fourth-order valence-electron chi connectivity index (χ4n) is 3.66. The lowest BCUT2D eigenvalue weighted by atomic mass is 10.1. The Morgan fingerprint density at radius 2 is 1.88 bits per heavy atom. The lowest BCUT2D eigenvalue weighted by Crippen LogP contribution is -2.28. The Kier molecular flexibility index (Phi) is 5.80. The predicted octanol–water partition coefficient (Wildman–Crippen LogP) is 3.04. The molecule has 9 nitrogen and oxygen atoms in total. The second-order valence-electron chi connectivity index (χ2n) is 7.34. The smallest absolute Gasteiger partial charge is 0.267 e. The van der Waals surface area contributed by atoms with Crippen LogP contribution in [0.25, 0.3) is 16.5 Å². The molecule has 1 amide bonds. The monoisotopic (exact) mass is 461 g/mol. The highest BCUT2D eigenvalue weighted by Crippen LogP contribution is 2.28. The van der Waals surface area contributed by atoms with Crippen LogP contribution >= 0.6 is 11.6 Å². The fraction of sp³-hybridized carbons (Fsp3) is 0.0870. The van der Waals surface area contributed by atoms with E-state index in [9.17, 15) is 9.59 Å². The maximum atomic E-state index is 13.6. The Morgan fingerprint density at radius 1 is 1.15 bits per heavy atom. The van der Waals surface area contributed by atoms with Crippen molar-refractivity contribution >= 4 is 45.6 Å². The fourth-order valence-corrected chi connectivity index (χ4v) is 3.92. The highest BCUT2D eigenvalue weighted by molar-refractivity contribution is 6.45. The number of halogens is 1. The number of rotatable bonds is 6. The van der Waals surface area contributed by atoms with Gasteiger partial charge in [0.05, 0.1) is 22.0 Å². The van der Waals surface area contributed by atoms with Gasteiger partial charge in [-0.2, -0.15) is 0 Å². The van der Waals surface area contributed by atoms with Gasteiger partial charge in [-0.1, -0.05) is 41.9 Å². The van der Waals surface area contributed by atoms with E-state index in [1.165, 1.54) is 6.33 Å². The molecule has 33 heavy (non-hydrogen) atoms. The average Bonchev–Trinajstić information content (AvgIpc) is 2.79. The Balaban J connectivity index is 1.91. The molecule has 1 atom stereocenters. The number of carbonyl (C=O) groups is 1. The standard InChI is InChI=1S/C23H20ClN7O2/c1-12(30-22-18(19(25)21(27)32)20(26)28-11-29-22)16-10-13-6-5-9-15(24)17(13)23(33)31(16)14-7-3-2-4-8-14/h2-12,25H,1H3,(H2,27,32)(H3,26,28,29,30). The van der Waals surface area contributed by atoms with Gasteiger partial charge in [-0.15, -0.1) is 0 Å². The summed E-state index contributed by atoms with van der Waals surface area (Å²) in [6.45, 7) is 1.82. The minimum atomic E-state index is -0.964. The quantitative estimate of drug-likeness (QED) is 0.324. The molecule has 6 N–H and O–H groups in total. The minimum Gasteiger partial charge on any atom is -0.383 e. The molecular weight excluding hydrogens is 442 g/mol. The summed E-state index contributed by atoms with van der Waals surface area (Å²) in [7, 11) is 0. The summed E-state index contributed by atoms with van der Waals surface area (Å²) in [6.07, 6.45) is 1.21. The third kappa shape index (κ3) is 4.01. The van der Waals surface area contributed by atoms with E-state index in [4.69, 9.17) is 28.5 Å². The zero-order valence-corrected chi connectivity index (χ0v) is 18.3. The van der Waals surface area contributed by atoms with Gasteiger partial charge >= 0.3 is 0 Å². The Bertz CT molecular complexity index is 1450. The van der Waals surface area contributed by atoms with E-state index in [1.54, 1.807) is 16.7 Å². The van der Waals surface area contributed by atoms with E-state index in [1.807, 2.05) is 49.4 Å². The Hall–Kier alpha value is -4.24. The van der Waals surface area contributed by atoms with Crippen molar-refractivity contribution in [1.29, 1.82) is 5.41 Å². The molecule has 0 bridgehead atoms. The number of nitrogen functional groups attached to an aromatic ring is 1. The van der Waals surface area contributed by atoms with Crippen LogP contribution in [0.2, 0.25) is 5.02 Å². The van der Waals surface area contributed by atoms with Gasteiger partial charge in [0.2, 0.25) is 0 Å². The number of para-hydroxylation sites is 1. The second-order valence-corrected chi connectivity index (χ2v) is 7.74. The molecule has 2 aromatic carbocycles. The summed E-state index contributed by atoms with van der Waals surface area (Å²) < 4.78 is 1.56. The summed E-state index contributed by atoms with van der Waals surface area (Å²) in [6, 6.07) is 15.8. The number of benzene rings is 2. The van der Waals surface area contributed by atoms with Crippen LogP contribution in [-0.4, -0.2) is 26.2 Å². The second kappa shape index (κ2) is 8.71. The number of carbonyl (C=O) groups excluding carboxylic acids is 1. The van der Waals surface area contributed by atoms with Gasteiger partial charge in [0.15, 0.2) is 0 Å². The molecule has 0 fully saturated rings. The van der Waals surface area contributed by atoms with E-state index in [-0.39, 0.29) is 22.8 Å². The summed E-state index contributed by atoms with van der Waals surface area (Å²) in [5, 5.41) is 12.6. The van der Waals surface area contributed by atoms with Gasteiger partial charge in [0.25, 0.3) is 11.5 Å². The van der Waals surface area contributed by atoms with E-state index >= 15 is 0 Å². The van der Waals surface area contributed by atoms with Crippen LogP contribution in [0, 0.1) is 5.41 Å². The summed E-state index contributed by atoms with van der Waals surface area (Å²) >= 11 is 6.36. The molecule has 1 unspecified atom stereocenters. The van der Waals surface area contributed by atoms with Crippen LogP contribution in [0.5, 0.6) is 0 Å². The topological polar surface area (TPSA) is 153 Å². The van der Waals surface area contributed by atoms with Gasteiger partial charge in [-0.05, 0) is 36.6 Å². The van der Waals surface area contributed by atoms with Crippen LogP contribution in [0.3, 0.4) is 0 Å². The number of hydrogen-bond acceptors (Lipinski definition) is 7. The molecule has 10 heteroatoms. The number of fused-ring (bicyclic) bond motifs is 1. The van der Waals surface area contributed by atoms with Crippen LogP contribution in [0.1, 0.15) is 24.2 Å². The maximum Gasteiger partial charge on any atom is 0.267 e. The largest absolute Gasteiger partial charge is 0.383 e. The van der Waals surface area contributed by atoms with E-state index in [2.05, 4.69) is 15.3 Å². The molecule has 4 rings (SSSR count). The van der Waals surface area contributed by atoms with Gasteiger partial charge in [0, 0.05) is 11.4 Å². The number of nitrogens with two attached hydrogens (primary N) is 2. The van der Waals surface area contributed by atoms with Crippen molar-refractivity contribution in [3.05, 3.63) is 87.6 Å². The molecule has 2 heterocycles. The summed E-state index contributed by atoms with van der Waals surface area (Å²) in [5.74, 6) is -0.875. The van der Waals surface area contributed by atoms with Crippen molar-refractivity contribution < 1.29 is 4.79 Å². The van der Waals surface area contributed by atoms with Gasteiger partial charge in [0.1, 0.15) is 23.7 Å². The maximum absolute atomic E-state index is 13.6. The lowest BCUT2D eigenvalue weighted by molar-refractivity contribution is -0.112. The van der Waals surface area contributed by atoms with E-state index in [0.717, 1.165) is 0 Å². The van der Waals surface area contributed by atoms with Crippen LogP contribution in [-0.2, 0) is 4.79 Å². The first-order valence-electron chi connectivity index (χ1n) is 9.95. The number of anilines is 2.